The van der Waals surface area contributed by atoms with E-state index in [-0.39, 0.29) is 11.1 Å². The van der Waals surface area contributed by atoms with Gasteiger partial charge in [-0.15, -0.1) is 11.3 Å². The van der Waals surface area contributed by atoms with Crippen LogP contribution < -0.4 is 5.32 Å². The Kier molecular flexibility index (Phi) is 3.44. The number of hydrogen-bond donors (Lipinski definition) is 1. The first-order valence-corrected chi connectivity index (χ1v) is 8.18. The molecule has 1 aliphatic carbocycles. The van der Waals surface area contributed by atoms with Crippen LogP contribution >= 0.6 is 11.3 Å². The van der Waals surface area contributed by atoms with Crippen molar-refractivity contribution in [3.8, 4) is 0 Å². The highest BCUT2D eigenvalue weighted by Crippen LogP contribution is 2.42. The zero-order valence-corrected chi connectivity index (χ0v) is 13.0. The van der Waals surface area contributed by atoms with Gasteiger partial charge in [0.2, 0.25) is 0 Å². The molecule has 4 heteroatoms. The molecule has 1 N–H and O–H groups in total. The maximum absolute atomic E-state index is 5.88. The van der Waals surface area contributed by atoms with Crippen LogP contribution in [-0.2, 0) is 23.1 Å². The van der Waals surface area contributed by atoms with Gasteiger partial charge < -0.3 is 10.1 Å². The number of aromatic nitrogens is 1. The van der Waals surface area contributed by atoms with Crippen LogP contribution in [0.2, 0.25) is 0 Å². The van der Waals surface area contributed by atoms with Gasteiger partial charge in [0.1, 0.15) is 5.01 Å². The minimum absolute atomic E-state index is 0.0176. The van der Waals surface area contributed by atoms with Crippen molar-refractivity contribution < 1.29 is 4.74 Å². The molecule has 1 aromatic rings. The van der Waals surface area contributed by atoms with E-state index in [2.05, 4.69) is 26.2 Å². The monoisotopic (exact) mass is 280 g/mol. The van der Waals surface area contributed by atoms with Gasteiger partial charge in [-0.2, -0.15) is 0 Å². The molecular weight excluding hydrogens is 256 g/mol. The van der Waals surface area contributed by atoms with Gasteiger partial charge in [0.25, 0.3) is 0 Å². The Morgan fingerprint density at radius 2 is 2.05 bits per heavy atom. The lowest BCUT2D eigenvalue weighted by Gasteiger charge is -2.43. The minimum atomic E-state index is -0.0621. The standard InChI is InChI=1S/C15H24N2OS/c1-14(2)10-15(16-3,8-9-18-14)13-17-11-6-4-5-7-12(11)19-13/h16H,4-10H2,1-3H3. The first-order valence-electron chi connectivity index (χ1n) is 7.37. The molecule has 1 aliphatic heterocycles. The Bertz CT molecular complexity index is 445. The maximum Gasteiger partial charge on any atom is 0.113 e. The molecule has 0 radical (unpaired) electrons. The summed E-state index contributed by atoms with van der Waals surface area (Å²) in [7, 11) is 2.07. The number of aryl methyl sites for hydroxylation is 2. The van der Waals surface area contributed by atoms with Gasteiger partial charge in [0.05, 0.1) is 16.8 Å². The molecule has 0 spiro atoms. The fourth-order valence-electron chi connectivity index (χ4n) is 3.43. The summed E-state index contributed by atoms with van der Waals surface area (Å²) in [6.45, 7) is 5.19. The van der Waals surface area contributed by atoms with Crippen molar-refractivity contribution in [1.29, 1.82) is 0 Å². The predicted molar refractivity (Wildman–Crippen MR) is 78.8 cm³/mol. The summed E-state index contributed by atoms with van der Waals surface area (Å²) in [5, 5.41) is 4.86. The number of rotatable bonds is 2. The topological polar surface area (TPSA) is 34.2 Å². The first kappa shape index (κ1) is 13.5. The number of nitrogens with zero attached hydrogens (tertiary/aromatic N) is 1. The van der Waals surface area contributed by atoms with E-state index in [0.717, 1.165) is 19.4 Å². The van der Waals surface area contributed by atoms with Gasteiger partial charge in [0.15, 0.2) is 0 Å². The van der Waals surface area contributed by atoms with Crippen LogP contribution in [0.4, 0.5) is 0 Å². The van der Waals surface area contributed by atoms with E-state index >= 15 is 0 Å². The molecule has 0 aromatic carbocycles. The Morgan fingerprint density at radius 3 is 2.74 bits per heavy atom. The lowest BCUT2D eigenvalue weighted by molar-refractivity contribution is -0.0883. The molecule has 2 heterocycles. The van der Waals surface area contributed by atoms with Crippen LogP contribution in [0.5, 0.6) is 0 Å². The Labute approximate surface area is 119 Å². The molecule has 1 saturated heterocycles. The normalized spacial score (nSPS) is 30.1. The number of ether oxygens (including phenoxy) is 1. The molecule has 1 fully saturated rings. The second kappa shape index (κ2) is 4.83. The average Bonchev–Trinajstić information content (AvgIpc) is 2.81. The second-order valence-corrected chi connectivity index (χ2v) is 7.55. The molecule has 0 saturated carbocycles. The van der Waals surface area contributed by atoms with E-state index in [9.17, 15) is 0 Å². The molecular formula is C15H24N2OS. The SMILES string of the molecule is CNC1(c2nc3c(s2)CCCC3)CCOC(C)(C)C1. The molecule has 19 heavy (non-hydrogen) atoms. The number of thiazole rings is 1. The number of nitrogens with one attached hydrogen (secondary N) is 1. The molecule has 0 bridgehead atoms. The number of hydrogen-bond acceptors (Lipinski definition) is 4. The van der Waals surface area contributed by atoms with Gasteiger partial charge in [-0.1, -0.05) is 0 Å². The van der Waals surface area contributed by atoms with Gasteiger partial charge >= 0.3 is 0 Å². The predicted octanol–water partition coefficient (Wildman–Crippen LogP) is 3.03. The van der Waals surface area contributed by atoms with Crippen LogP contribution in [0.25, 0.3) is 0 Å². The summed E-state index contributed by atoms with van der Waals surface area (Å²) in [5.41, 5.74) is 1.32. The van der Waals surface area contributed by atoms with Gasteiger partial charge in [0, 0.05) is 17.9 Å². The van der Waals surface area contributed by atoms with Gasteiger partial charge in [-0.05, 0) is 53.0 Å². The zero-order valence-electron chi connectivity index (χ0n) is 12.2. The van der Waals surface area contributed by atoms with Crippen molar-refractivity contribution in [3.05, 3.63) is 15.6 Å². The summed E-state index contributed by atoms with van der Waals surface area (Å²) < 4.78 is 5.88. The smallest absolute Gasteiger partial charge is 0.113 e. The van der Waals surface area contributed by atoms with Crippen LogP contribution in [0.15, 0.2) is 0 Å². The van der Waals surface area contributed by atoms with E-state index in [1.807, 2.05) is 11.3 Å². The minimum Gasteiger partial charge on any atom is -0.375 e. The Hall–Kier alpha value is -0.450. The van der Waals surface area contributed by atoms with Crippen molar-refractivity contribution in [3.63, 3.8) is 0 Å². The van der Waals surface area contributed by atoms with Crippen molar-refractivity contribution >= 4 is 11.3 Å². The molecule has 0 amide bonds. The largest absolute Gasteiger partial charge is 0.375 e. The van der Waals surface area contributed by atoms with Crippen molar-refractivity contribution in [2.45, 2.75) is 63.5 Å². The van der Waals surface area contributed by atoms with E-state index in [1.165, 1.54) is 41.3 Å². The third kappa shape index (κ3) is 2.46. The van der Waals surface area contributed by atoms with Crippen LogP contribution in [0, 0.1) is 0 Å². The quantitative estimate of drug-likeness (QED) is 0.904. The number of fused-ring (bicyclic) bond motifs is 1. The van der Waals surface area contributed by atoms with Crippen molar-refractivity contribution in [1.82, 2.24) is 10.3 Å². The molecule has 2 aliphatic rings. The van der Waals surface area contributed by atoms with Gasteiger partial charge in [-0.25, -0.2) is 4.98 Å². The van der Waals surface area contributed by atoms with Crippen LogP contribution in [0.1, 0.15) is 55.1 Å². The summed E-state index contributed by atoms with van der Waals surface area (Å²) in [6.07, 6.45) is 7.06. The summed E-state index contributed by atoms with van der Waals surface area (Å²) in [5.74, 6) is 0. The lowest BCUT2D eigenvalue weighted by Crippen LogP contribution is -2.51. The first-order chi connectivity index (χ1) is 9.05. The van der Waals surface area contributed by atoms with E-state index in [4.69, 9.17) is 9.72 Å². The van der Waals surface area contributed by atoms with Gasteiger partial charge in [-0.3, -0.25) is 0 Å². The molecule has 3 rings (SSSR count). The van der Waals surface area contributed by atoms with Crippen molar-refractivity contribution in [2.24, 2.45) is 0 Å². The Balaban J connectivity index is 1.95. The molecule has 1 atom stereocenters. The van der Waals surface area contributed by atoms with Crippen molar-refractivity contribution in [2.75, 3.05) is 13.7 Å². The molecule has 106 valence electrons. The Morgan fingerprint density at radius 1 is 1.26 bits per heavy atom. The maximum atomic E-state index is 5.88. The van der Waals surface area contributed by atoms with E-state index < -0.39 is 0 Å². The fraction of sp³-hybridized carbons (Fsp3) is 0.800. The molecule has 1 aromatic heterocycles. The van der Waals surface area contributed by atoms with Crippen LogP contribution in [-0.4, -0.2) is 24.2 Å². The highest BCUT2D eigenvalue weighted by Gasteiger charge is 2.43. The molecule has 3 nitrogen and oxygen atoms in total. The van der Waals surface area contributed by atoms with E-state index in [1.54, 1.807) is 0 Å². The summed E-state index contributed by atoms with van der Waals surface area (Å²) >= 11 is 1.94. The lowest BCUT2D eigenvalue weighted by atomic mass is 9.82. The summed E-state index contributed by atoms with van der Waals surface area (Å²) in [4.78, 5) is 6.51. The third-order valence-electron chi connectivity index (χ3n) is 4.48. The van der Waals surface area contributed by atoms with E-state index in [0.29, 0.717) is 0 Å². The highest BCUT2D eigenvalue weighted by atomic mass is 32.1. The second-order valence-electron chi connectivity index (χ2n) is 6.46. The van der Waals surface area contributed by atoms with Crippen LogP contribution in [0.3, 0.4) is 0 Å². The molecule has 1 unspecified atom stereocenters. The fourth-order valence-corrected chi connectivity index (χ4v) is 4.80. The third-order valence-corrected chi connectivity index (χ3v) is 5.84. The summed E-state index contributed by atoms with van der Waals surface area (Å²) in [6, 6.07) is 0. The highest BCUT2D eigenvalue weighted by molar-refractivity contribution is 7.11. The zero-order chi connectivity index (χ0) is 13.5. The average molecular weight is 280 g/mol.